The number of benzene rings is 2. The Kier molecular flexibility index (Phi) is 8.18. The topological polar surface area (TPSA) is 76.0 Å². The quantitative estimate of drug-likeness (QED) is 0.306. The molecule has 2 N–H and O–H groups in total. The second-order valence-electron chi connectivity index (χ2n) is 7.30. The van der Waals surface area contributed by atoms with E-state index in [2.05, 4.69) is 22.9 Å². The van der Waals surface area contributed by atoms with Gasteiger partial charge < -0.3 is 0 Å². The van der Waals surface area contributed by atoms with E-state index >= 15 is 0 Å². The van der Waals surface area contributed by atoms with Gasteiger partial charge in [0.15, 0.2) is 5.69 Å². The molecule has 0 aliphatic carbocycles. The number of hydrogen-bond donors (Lipinski definition) is 2. The summed E-state index contributed by atoms with van der Waals surface area (Å²) in [6.45, 7) is 3.85. The second-order valence-corrected chi connectivity index (χ2v) is 8.58. The third-order valence-electron chi connectivity index (χ3n) is 4.92. The number of hydrogen-bond acceptors (Lipinski definition) is 3. The minimum Gasteiger partial charge on any atom is -0.273 e. The lowest BCUT2D eigenvalue weighted by Gasteiger charge is -2.11. The van der Waals surface area contributed by atoms with Gasteiger partial charge in [-0.1, -0.05) is 66.7 Å². The maximum absolute atomic E-state index is 12.8. The first-order valence-electron chi connectivity index (χ1n) is 10.2. The highest BCUT2D eigenvalue weighted by molar-refractivity contribution is 6.35. The van der Waals surface area contributed by atoms with Crippen molar-refractivity contribution < 1.29 is 9.59 Å². The molecule has 0 saturated heterocycles. The molecule has 3 aromatic rings. The number of carbonyl (C=O) groups excluding carboxylic acids is 2. The molecule has 1 heterocycles. The summed E-state index contributed by atoms with van der Waals surface area (Å²) in [5.41, 5.74) is 7.72. The van der Waals surface area contributed by atoms with E-state index in [9.17, 15) is 9.59 Å². The van der Waals surface area contributed by atoms with Crippen LogP contribution in [0.5, 0.6) is 0 Å². The maximum atomic E-state index is 12.8. The molecule has 2 aromatic carbocycles. The first kappa shape index (κ1) is 24.1. The van der Waals surface area contributed by atoms with Crippen LogP contribution in [-0.4, -0.2) is 21.6 Å². The average Bonchev–Trinajstić information content (AvgIpc) is 3.09. The van der Waals surface area contributed by atoms with Crippen molar-refractivity contribution in [2.24, 2.45) is 0 Å². The highest BCUT2D eigenvalue weighted by Gasteiger charge is 2.23. The van der Waals surface area contributed by atoms with Crippen molar-refractivity contribution in [2.75, 3.05) is 0 Å². The van der Waals surface area contributed by atoms with Crippen LogP contribution in [0.25, 0.3) is 16.9 Å². The molecular weight excluding hydrogens is 471 g/mol. The summed E-state index contributed by atoms with van der Waals surface area (Å²) in [7, 11) is 0. The summed E-state index contributed by atoms with van der Waals surface area (Å²) in [5.74, 6) is -0.770. The maximum Gasteiger partial charge on any atom is 0.290 e. The molecule has 0 radical (unpaired) electrons. The highest BCUT2D eigenvalue weighted by Crippen LogP contribution is 2.33. The van der Waals surface area contributed by atoms with Gasteiger partial charge in [0.1, 0.15) is 0 Å². The molecule has 0 unspecified atom stereocenters. The first-order chi connectivity index (χ1) is 15.3. The summed E-state index contributed by atoms with van der Waals surface area (Å²) in [5, 5.41) is 5.97. The number of amides is 2. The zero-order chi connectivity index (χ0) is 23.3. The van der Waals surface area contributed by atoms with Gasteiger partial charge in [0.2, 0.25) is 5.91 Å². The van der Waals surface area contributed by atoms with E-state index in [1.54, 1.807) is 41.9 Å². The summed E-state index contributed by atoms with van der Waals surface area (Å²) < 4.78 is 1.59. The van der Waals surface area contributed by atoms with E-state index in [0.717, 1.165) is 24.8 Å². The fraction of sp³-hybridized carbons (Fsp3) is 0.261. The Labute approximate surface area is 201 Å². The zero-order valence-electron chi connectivity index (χ0n) is 17.7. The number of aromatic nitrogens is 2. The number of nitrogens with zero attached hydrogens (tertiary/aromatic N) is 2. The molecule has 168 valence electrons. The van der Waals surface area contributed by atoms with E-state index in [1.165, 1.54) is 0 Å². The average molecular weight is 494 g/mol. The smallest absolute Gasteiger partial charge is 0.273 e. The van der Waals surface area contributed by atoms with Gasteiger partial charge in [0.25, 0.3) is 5.91 Å². The number of rotatable bonds is 7. The summed E-state index contributed by atoms with van der Waals surface area (Å²) in [4.78, 5) is 24.8. The molecule has 6 nitrogen and oxygen atoms in total. The van der Waals surface area contributed by atoms with Gasteiger partial charge in [0.05, 0.1) is 16.4 Å². The van der Waals surface area contributed by atoms with E-state index in [4.69, 9.17) is 34.8 Å². The molecule has 32 heavy (non-hydrogen) atoms. The number of halogens is 3. The van der Waals surface area contributed by atoms with Crippen molar-refractivity contribution in [3.8, 4) is 16.9 Å². The van der Waals surface area contributed by atoms with Crippen molar-refractivity contribution in [2.45, 2.75) is 39.5 Å². The summed E-state index contributed by atoms with van der Waals surface area (Å²) in [6.07, 6.45) is 3.08. The molecule has 0 aliphatic rings. The standard InChI is InChI=1S/C23H23Cl3N4O2/c1-3-4-5-6-20(31)27-28-23(32)21-14(2)22(15-7-9-16(24)10-8-15)30(29-21)19-12-11-17(25)13-18(19)26/h7-13H,3-6H2,1-2H3,(H,27,31)(H,28,32). The van der Waals surface area contributed by atoms with E-state index in [1.807, 2.05) is 12.1 Å². The van der Waals surface area contributed by atoms with Gasteiger partial charge in [-0.2, -0.15) is 5.10 Å². The van der Waals surface area contributed by atoms with Gasteiger partial charge in [0, 0.05) is 27.6 Å². The van der Waals surface area contributed by atoms with Crippen LogP contribution in [0.3, 0.4) is 0 Å². The second kappa shape index (κ2) is 10.9. The van der Waals surface area contributed by atoms with Crippen molar-refractivity contribution in [3.05, 3.63) is 68.8 Å². The lowest BCUT2D eigenvalue weighted by Crippen LogP contribution is -2.42. The van der Waals surface area contributed by atoms with Gasteiger partial charge in [-0.25, -0.2) is 4.68 Å². The Hall–Kier alpha value is -2.54. The number of unbranched alkanes of at least 4 members (excludes halogenated alkanes) is 2. The molecule has 0 aliphatic heterocycles. The van der Waals surface area contributed by atoms with Crippen LogP contribution in [0, 0.1) is 6.92 Å². The lowest BCUT2D eigenvalue weighted by molar-refractivity contribution is -0.121. The van der Waals surface area contributed by atoms with Gasteiger partial charge in [-0.05, 0) is 43.7 Å². The van der Waals surface area contributed by atoms with Crippen LogP contribution in [-0.2, 0) is 4.79 Å². The molecule has 0 saturated carbocycles. The van der Waals surface area contributed by atoms with Crippen molar-refractivity contribution >= 4 is 46.6 Å². The fourth-order valence-corrected chi connectivity index (χ4v) is 3.88. The number of hydrazine groups is 1. The van der Waals surface area contributed by atoms with Crippen molar-refractivity contribution in [1.29, 1.82) is 0 Å². The van der Waals surface area contributed by atoms with E-state index in [-0.39, 0.29) is 11.6 Å². The number of carbonyl (C=O) groups is 2. The molecule has 0 atom stereocenters. The molecule has 1 aromatic heterocycles. The predicted molar refractivity (Wildman–Crippen MR) is 129 cm³/mol. The minimum absolute atomic E-state index is 0.162. The van der Waals surface area contributed by atoms with Crippen LogP contribution in [0.15, 0.2) is 42.5 Å². The SMILES string of the molecule is CCCCCC(=O)NNC(=O)c1nn(-c2ccc(Cl)cc2Cl)c(-c2ccc(Cl)cc2)c1C. The first-order valence-corrected chi connectivity index (χ1v) is 11.3. The minimum atomic E-state index is -0.523. The fourth-order valence-electron chi connectivity index (χ4n) is 3.27. The summed E-state index contributed by atoms with van der Waals surface area (Å²) >= 11 is 18.5. The molecular formula is C23H23Cl3N4O2. The predicted octanol–water partition coefficient (Wildman–Crippen LogP) is 6.15. The van der Waals surface area contributed by atoms with Crippen LogP contribution in [0.1, 0.15) is 48.7 Å². The Morgan fingerprint density at radius 2 is 1.66 bits per heavy atom. The third-order valence-corrected chi connectivity index (χ3v) is 5.71. The van der Waals surface area contributed by atoms with Crippen LogP contribution >= 0.6 is 34.8 Å². The molecule has 0 spiro atoms. The van der Waals surface area contributed by atoms with Crippen LogP contribution in [0.4, 0.5) is 0 Å². The highest BCUT2D eigenvalue weighted by atomic mass is 35.5. The van der Waals surface area contributed by atoms with Crippen molar-refractivity contribution in [1.82, 2.24) is 20.6 Å². The van der Waals surface area contributed by atoms with Gasteiger partial charge in [-0.3, -0.25) is 20.4 Å². The monoisotopic (exact) mass is 492 g/mol. The third kappa shape index (κ3) is 5.63. The van der Waals surface area contributed by atoms with E-state index < -0.39 is 5.91 Å². The van der Waals surface area contributed by atoms with Crippen LogP contribution < -0.4 is 10.9 Å². The zero-order valence-corrected chi connectivity index (χ0v) is 20.0. The Balaban J connectivity index is 1.96. The van der Waals surface area contributed by atoms with Gasteiger partial charge >= 0.3 is 0 Å². The Morgan fingerprint density at radius 3 is 2.31 bits per heavy atom. The Morgan fingerprint density at radius 1 is 0.969 bits per heavy atom. The largest absolute Gasteiger partial charge is 0.290 e. The Bertz CT molecular complexity index is 1130. The molecule has 0 bridgehead atoms. The molecule has 0 fully saturated rings. The van der Waals surface area contributed by atoms with Crippen LogP contribution in [0.2, 0.25) is 15.1 Å². The van der Waals surface area contributed by atoms with E-state index in [0.29, 0.717) is 38.4 Å². The molecule has 3 rings (SSSR count). The van der Waals surface area contributed by atoms with Gasteiger partial charge in [-0.15, -0.1) is 0 Å². The molecule has 9 heteroatoms. The normalized spacial score (nSPS) is 10.8. The molecule has 2 amide bonds. The summed E-state index contributed by atoms with van der Waals surface area (Å²) in [6, 6.07) is 12.2. The van der Waals surface area contributed by atoms with Crippen molar-refractivity contribution in [3.63, 3.8) is 0 Å². The lowest BCUT2D eigenvalue weighted by atomic mass is 10.1. The number of nitrogens with one attached hydrogen (secondary N) is 2.